The maximum Gasteiger partial charge on any atom is 0.303 e. The lowest BCUT2D eigenvalue weighted by Gasteiger charge is -2.22. The van der Waals surface area contributed by atoms with E-state index in [1.165, 1.54) is 12.1 Å². The summed E-state index contributed by atoms with van der Waals surface area (Å²) >= 11 is 0. The highest BCUT2D eigenvalue weighted by Crippen LogP contribution is 2.21. The molecule has 0 saturated carbocycles. The Kier molecular flexibility index (Phi) is 8.45. The number of amides is 1. The van der Waals surface area contributed by atoms with E-state index in [9.17, 15) is 19.1 Å². The van der Waals surface area contributed by atoms with Crippen molar-refractivity contribution in [2.24, 2.45) is 0 Å². The van der Waals surface area contributed by atoms with Crippen LogP contribution in [-0.4, -0.2) is 45.7 Å². The Bertz CT molecular complexity index is 661. The average molecular weight is 377 g/mol. The average Bonchev–Trinajstić information content (AvgIpc) is 2.96. The topological polar surface area (TPSA) is 77.8 Å². The summed E-state index contributed by atoms with van der Waals surface area (Å²) in [7, 11) is 0. The van der Waals surface area contributed by atoms with Crippen LogP contribution in [0.25, 0.3) is 0 Å². The molecule has 1 heterocycles. The van der Waals surface area contributed by atoms with Gasteiger partial charge in [-0.1, -0.05) is 37.1 Å². The molecule has 0 radical (unpaired) electrons. The van der Waals surface area contributed by atoms with Crippen molar-refractivity contribution in [3.8, 4) is 0 Å². The number of aliphatic hydroxyl groups is 1. The van der Waals surface area contributed by atoms with Crippen LogP contribution in [0.15, 0.2) is 36.4 Å². The number of likely N-dealkylation sites (tertiary alicyclic amines) is 1. The lowest BCUT2D eigenvalue weighted by Crippen LogP contribution is -2.32. The van der Waals surface area contributed by atoms with Gasteiger partial charge in [0.25, 0.3) is 0 Å². The number of hydrogen-bond acceptors (Lipinski definition) is 3. The van der Waals surface area contributed by atoms with Crippen LogP contribution in [0.4, 0.5) is 4.39 Å². The van der Waals surface area contributed by atoms with Gasteiger partial charge in [0.2, 0.25) is 5.91 Å². The zero-order valence-electron chi connectivity index (χ0n) is 15.5. The van der Waals surface area contributed by atoms with Gasteiger partial charge in [-0.05, 0) is 37.0 Å². The van der Waals surface area contributed by atoms with Crippen molar-refractivity contribution in [1.82, 2.24) is 4.90 Å². The minimum absolute atomic E-state index is 0.0151. The zero-order valence-corrected chi connectivity index (χ0v) is 15.5. The van der Waals surface area contributed by atoms with E-state index in [1.807, 2.05) is 11.0 Å². The first-order chi connectivity index (χ1) is 13.0. The Morgan fingerprint density at radius 2 is 2.07 bits per heavy atom. The van der Waals surface area contributed by atoms with E-state index < -0.39 is 12.1 Å². The molecule has 27 heavy (non-hydrogen) atoms. The lowest BCUT2D eigenvalue weighted by molar-refractivity contribution is -0.137. The highest BCUT2D eigenvalue weighted by molar-refractivity contribution is 5.79. The van der Waals surface area contributed by atoms with Gasteiger partial charge in [-0.25, -0.2) is 4.39 Å². The molecule has 148 valence electrons. The maximum atomic E-state index is 13.2. The molecule has 2 atom stereocenters. The Hall–Kier alpha value is -2.21. The monoisotopic (exact) mass is 377 g/mol. The summed E-state index contributed by atoms with van der Waals surface area (Å²) in [4.78, 5) is 24.4. The first-order valence-corrected chi connectivity index (χ1v) is 9.58. The van der Waals surface area contributed by atoms with E-state index in [4.69, 9.17) is 5.11 Å². The molecular formula is C21H28FNO4. The zero-order chi connectivity index (χ0) is 19.6. The van der Waals surface area contributed by atoms with Crippen LogP contribution in [0, 0.1) is 5.82 Å². The van der Waals surface area contributed by atoms with E-state index in [2.05, 4.69) is 0 Å². The minimum atomic E-state index is -0.772. The number of unbranched alkanes of at least 4 members (excludes halogenated alkanes) is 3. The van der Waals surface area contributed by atoms with Crippen LogP contribution >= 0.6 is 0 Å². The van der Waals surface area contributed by atoms with Gasteiger partial charge in [-0.2, -0.15) is 0 Å². The highest BCUT2D eigenvalue weighted by atomic mass is 19.1. The fourth-order valence-corrected chi connectivity index (χ4v) is 3.39. The van der Waals surface area contributed by atoms with Gasteiger partial charge in [0.05, 0.1) is 12.1 Å². The Morgan fingerprint density at radius 1 is 1.30 bits per heavy atom. The van der Waals surface area contributed by atoms with Crippen LogP contribution in [0.5, 0.6) is 0 Å². The molecule has 1 saturated heterocycles. The molecule has 1 aromatic rings. The van der Waals surface area contributed by atoms with Crippen molar-refractivity contribution in [2.75, 3.05) is 6.54 Å². The second-order valence-corrected chi connectivity index (χ2v) is 7.04. The third kappa shape index (κ3) is 7.51. The van der Waals surface area contributed by atoms with Gasteiger partial charge in [-0.15, -0.1) is 0 Å². The molecule has 6 heteroatoms. The van der Waals surface area contributed by atoms with Gasteiger partial charge in [0, 0.05) is 25.8 Å². The van der Waals surface area contributed by atoms with E-state index in [1.54, 1.807) is 18.2 Å². The Balaban J connectivity index is 1.77. The summed E-state index contributed by atoms with van der Waals surface area (Å²) < 4.78 is 13.2. The van der Waals surface area contributed by atoms with Crippen LogP contribution in [-0.2, 0) is 16.0 Å². The van der Waals surface area contributed by atoms with E-state index >= 15 is 0 Å². The van der Waals surface area contributed by atoms with Crippen LogP contribution in [0.3, 0.4) is 0 Å². The fraction of sp³-hybridized carbons (Fsp3) is 0.524. The van der Waals surface area contributed by atoms with Gasteiger partial charge < -0.3 is 15.1 Å². The van der Waals surface area contributed by atoms with Gasteiger partial charge in [0.15, 0.2) is 0 Å². The quantitative estimate of drug-likeness (QED) is 0.458. The number of hydrogen-bond donors (Lipinski definition) is 2. The molecule has 1 unspecified atom stereocenters. The molecule has 1 aliphatic heterocycles. The second kappa shape index (κ2) is 10.8. The molecule has 5 nitrogen and oxygen atoms in total. The third-order valence-electron chi connectivity index (χ3n) is 4.80. The number of aliphatic carboxylic acids is 1. The minimum Gasteiger partial charge on any atom is -0.481 e. The number of carboxylic acid groups (broad SMARTS) is 1. The van der Waals surface area contributed by atoms with Crippen molar-refractivity contribution in [3.63, 3.8) is 0 Å². The summed E-state index contributed by atoms with van der Waals surface area (Å²) in [5.41, 5.74) is 0.730. The number of nitrogens with zero attached hydrogens (tertiary/aromatic N) is 1. The Morgan fingerprint density at radius 3 is 2.81 bits per heavy atom. The van der Waals surface area contributed by atoms with Crippen LogP contribution in [0.1, 0.15) is 50.5 Å². The standard InChI is InChI=1S/C21H28FNO4/c22-17-7-5-6-16(14-17)15-19(24)11-9-18-10-12-20(25)23(18)13-4-2-1-3-8-21(26)27/h5-7,9,11,14,18-19,24H,1-4,8,10,12-13,15H2,(H,26,27)/b11-9+/t18?,19-/m1/s1. The van der Waals surface area contributed by atoms with Gasteiger partial charge in [-0.3, -0.25) is 9.59 Å². The summed E-state index contributed by atoms with van der Waals surface area (Å²) in [5, 5.41) is 18.8. The van der Waals surface area contributed by atoms with Crippen molar-refractivity contribution in [1.29, 1.82) is 0 Å². The molecule has 0 bridgehead atoms. The summed E-state index contributed by atoms with van der Waals surface area (Å²) in [6.07, 6.45) is 7.87. The molecule has 1 aliphatic rings. The van der Waals surface area contributed by atoms with Gasteiger partial charge >= 0.3 is 5.97 Å². The van der Waals surface area contributed by atoms with E-state index in [0.717, 1.165) is 31.2 Å². The first-order valence-electron chi connectivity index (χ1n) is 9.58. The summed E-state index contributed by atoms with van der Waals surface area (Å²) in [5.74, 6) is -0.971. The molecule has 0 spiro atoms. The summed E-state index contributed by atoms with van der Waals surface area (Å²) in [6.45, 7) is 0.654. The number of carbonyl (C=O) groups is 2. The molecule has 2 N–H and O–H groups in total. The number of aliphatic hydroxyl groups excluding tert-OH is 1. The predicted octanol–water partition coefficient (Wildman–Crippen LogP) is 3.31. The molecule has 1 fully saturated rings. The lowest BCUT2D eigenvalue weighted by atomic mass is 10.1. The van der Waals surface area contributed by atoms with Crippen molar-refractivity contribution >= 4 is 11.9 Å². The van der Waals surface area contributed by atoms with E-state index in [0.29, 0.717) is 25.8 Å². The molecule has 0 aliphatic carbocycles. The van der Waals surface area contributed by atoms with Crippen LogP contribution in [0.2, 0.25) is 0 Å². The molecular weight excluding hydrogens is 349 g/mol. The number of carbonyl (C=O) groups excluding carboxylic acids is 1. The normalized spacial score (nSPS) is 18.4. The number of carboxylic acids is 1. The highest BCUT2D eigenvalue weighted by Gasteiger charge is 2.28. The molecule has 1 amide bonds. The predicted molar refractivity (Wildman–Crippen MR) is 101 cm³/mol. The fourth-order valence-electron chi connectivity index (χ4n) is 3.39. The maximum absolute atomic E-state index is 13.2. The summed E-state index contributed by atoms with van der Waals surface area (Å²) in [6, 6.07) is 6.16. The number of rotatable bonds is 11. The SMILES string of the molecule is O=C(O)CCCCCCN1C(=O)CCC1/C=C/[C@@H](O)Cc1cccc(F)c1. The van der Waals surface area contributed by atoms with Gasteiger partial charge in [0.1, 0.15) is 5.82 Å². The number of benzene rings is 1. The molecule has 1 aromatic carbocycles. The Labute approximate surface area is 159 Å². The van der Waals surface area contributed by atoms with Crippen molar-refractivity contribution < 1.29 is 24.2 Å². The second-order valence-electron chi connectivity index (χ2n) is 7.04. The van der Waals surface area contributed by atoms with Crippen molar-refractivity contribution in [2.45, 2.75) is 63.5 Å². The van der Waals surface area contributed by atoms with E-state index in [-0.39, 0.29) is 24.2 Å². The number of halogens is 1. The largest absolute Gasteiger partial charge is 0.481 e. The van der Waals surface area contributed by atoms with Crippen LogP contribution < -0.4 is 0 Å². The molecule has 2 rings (SSSR count). The first kappa shape index (κ1) is 21.1. The third-order valence-corrected chi connectivity index (χ3v) is 4.80. The molecule has 0 aromatic heterocycles. The smallest absolute Gasteiger partial charge is 0.303 e. The van der Waals surface area contributed by atoms with Crippen molar-refractivity contribution in [3.05, 3.63) is 47.8 Å².